The molecule has 3 N–H and O–H groups in total. The SMILES string of the molecule is NC(=O)c1ccc(NC2CCN(c3cccc(-c4cnco4)c3)C2=O)cc1. The van der Waals surface area contributed by atoms with E-state index in [1.54, 1.807) is 35.4 Å². The van der Waals surface area contributed by atoms with E-state index in [0.29, 0.717) is 24.3 Å². The monoisotopic (exact) mass is 362 g/mol. The lowest BCUT2D eigenvalue weighted by Crippen LogP contribution is -2.33. The number of hydrogen-bond donors (Lipinski definition) is 2. The highest BCUT2D eigenvalue weighted by molar-refractivity contribution is 6.01. The molecule has 1 saturated heterocycles. The van der Waals surface area contributed by atoms with E-state index in [1.165, 1.54) is 6.39 Å². The predicted molar refractivity (Wildman–Crippen MR) is 101 cm³/mol. The van der Waals surface area contributed by atoms with Gasteiger partial charge in [-0.1, -0.05) is 12.1 Å². The van der Waals surface area contributed by atoms with E-state index >= 15 is 0 Å². The first-order valence-corrected chi connectivity index (χ1v) is 8.58. The molecule has 1 fully saturated rings. The summed E-state index contributed by atoms with van der Waals surface area (Å²) in [4.78, 5) is 29.7. The zero-order valence-electron chi connectivity index (χ0n) is 14.5. The first-order valence-electron chi connectivity index (χ1n) is 8.58. The molecule has 0 saturated carbocycles. The van der Waals surface area contributed by atoms with E-state index in [-0.39, 0.29) is 11.9 Å². The smallest absolute Gasteiger partial charge is 0.249 e. The van der Waals surface area contributed by atoms with Crippen molar-refractivity contribution in [1.29, 1.82) is 0 Å². The van der Waals surface area contributed by atoms with Gasteiger partial charge in [-0.2, -0.15) is 0 Å². The van der Waals surface area contributed by atoms with Crippen molar-refractivity contribution in [3.8, 4) is 11.3 Å². The molecule has 7 heteroatoms. The Morgan fingerprint density at radius 3 is 2.74 bits per heavy atom. The minimum absolute atomic E-state index is 0.00342. The fraction of sp³-hybridized carbons (Fsp3) is 0.150. The van der Waals surface area contributed by atoms with E-state index in [4.69, 9.17) is 10.2 Å². The number of benzene rings is 2. The fourth-order valence-electron chi connectivity index (χ4n) is 3.19. The molecule has 136 valence electrons. The molecule has 1 aliphatic heterocycles. The van der Waals surface area contributed by atoms with Crippen molar-refractivity contribution < 1.29 is 14.0 Å². The van der Waals surface area contributed by atoms with Crippen LogP contribution in [-0.2, 0) is 4.79 Å². The zero-order chi connectivity index (χ0) is 18.8. The second-order valence-corrected chi connectivity index (χ2v) is 6.33. The van der Waals surface area contributed by atoms with Crippen molar-refractivity contribution in [2.45, 2.75) is 12.5 Å². The Hall–Kier alpha value is -3.61. The molecule has 3 aromatic rings. The second-order valence-electron chi connectivity index (χ2n) is 6.33. The Morgan fingerprint density at radius 2 is 2.04 bits per heavy atom. The summed E-state index contributed by atoms with van der Waals surface area (Å²) < 4.78 is 5.33. The van der Waals surface area contributed by atoms with E-state index in [1.807, 2.05) is 24.3 Å². The molecule has 0 aliphatic carbocycles. The van der Waals surface area contributed by atoms with E-state index in [0.717, 1.165) is 16.9 Å². The predicted octanol–water partition coefficient (Wildman–Crippen LogP) is 2.66. The van der Waals surface area contributed by atoms with E-state index in [9.17, 15) is 9.59 Å². The molecule has 1 atom stereocenters. The van der Waals surface area contributed by atoms with Crippen LogP contribution in [0.3, 0.4) is 0 Å². The lowest BCUT2D eigenvalue weighted by atomic mass is 10.1. The van der Waals surface area contributed by atoms with Gasteiger partial charge in [0.2, 0.25) is 11.8 Å². The van der Waals surface area contributed by atoms with Crippen molar-refractivity contribution in [2.24, 2.45) is 5.73 Å². The van der Waals surface area contributed by atoms with Gasteiger partial charge in [-0.25, -0.2) is 4.98 Å². The van der Waals surface area contributed by atoms with Crippen LogP contribution in [0.15, 0.2) is 65.5 Å². The highest BCUT2D eigenvalue weighted by atomic mass is 16.3. The lowest BCUT2D eigenvalue weighted by molar-refractivity contribution is -0.117. The normalized spacial score (nSPS) is 16.5. The summed E-state index contributed by atoms with van der Waals surface area (Å²) in [5.41, 5.74) is 8.15. The van der Waals surface area contributed by atoms with Crippen molar-refractivity contribution in [3.05, 3.63) is 66.7 Å². The molecule has 2 aromatic carbocycles. The molecule has 0 spiro atoms. The summed E-state index contributed by atoms with van der Waals surface area (Å²) in [5, 5.41) is 3.23. The number of aromatic nitrogens is 1. The van der Waals surface area contributed by atoms with E-state index in [2.05, 4.69) is 10.3 Å². The van der Waals surface area contributed by atoms with Crippen LogP contribution in [0.4, 0.5) is 11.4 Å². The second kappa shape index (κ2) is 6.95. The third-order valence-corrected chi connectivity index (χ3v) is 4.59. The van der Waals surface area contributed by atoms with Crippen LogP contribution >= 0.6 is 0 Å². The summed E-state index contributed by atoms with van der Waals surface area (Å²) in [6.07, 6.45) is 3.71. The third kappa shape index (κ3) is 3.39. The van der Waals surface area contributed by atoms with Gasteiger partial charge in [-0.3, -0.25) is 9.59 Å². The quantitative estimate of drug-likeness (QED) is 0.726. The van der Waals surface area contributed by atoms with Crippen LogP contribution in [0, 0.1) is 0 Å². The number of anilines is 2. The van der Waals surface area contributed by atoms with Gasteiger partial charge in [0.15, 0.2) is 12.2 Å². The maximum absolute atomic E-state index is 12.8. The van der Waals surface area contributed by atoms with Crippen LogP contribution in [-0.4, -0.2) is 29.4 Å². The summed E-state index contributed by atoms with van der Waals surface area (Å²) in [6.45, 7) is 0.621. The number of carbonyl (C=O) groups excluding carboxylic acids is 2. The molecule has 1 aliphatic rings. The number of rotatable bonds is 5. The third-order valence-electron chi connectivity index (χ3n) is 4.59. The van der Waals surface area contributed by atoms with Crippen LogP contribution in [0.25, 0.3) is 11.3 Å². The number of primary amides is 1. The molecule has 7 nitrogen and oxygen atoms in total. The van der Waals surface area contributed by atoms with Crippen molar-refractivity contribution in [1.82, 2.24) is 4.98 Å². The number of nitrogens with two attached hydrogens (primary N) is 1. The Balaban J connectivity index is 1.49. The van der Waals surface area contributed by atoms with Crippen LogP contribution in [0.2, 0.25) is 0 Å². The Morgan fingerprint density at radius 1 is 1.22 bits per heavy atom. The molecule has 0 bridgehead atoms. The van der Waals surface area contributed by atoms with Crippen LogP contribution < -0.4 is 16.0 Å². The van der Waals surface area contributed by atoms with Crippen LogP contribution in [0.5, 0.6) is 0 Å². The molecule has 2 amide bonds. The lowest BCUT2D eigenvalue weighted by Gasteiger charge is -2.18. The number of oxazole rings is 1. The van der Waals surface area contributed by atoms with Gasteiger partial charge < -0.3 is 20.4 Å². The zero-order valence-corrected chi connectivity index (χ0v) is 14.5. The Bertz CT molecular complexity index is 967. The summed E-state index contributed by atoms with van der Waals surface area (Å²) in [6, 6.07) is 14.1. The highest BCUT2D eigenvalue weighted by Gasteiger charge is 2.32. The molecule has 2 heterocycles. The molecule has 1 unspecified atom stereocenters. The first-order chi connectivity index (χ1) is 13.1. The number of nitrogens with one attached hydrogen (secondary N) is 1. The number of nitrogens with zero attached hydrogens (tertiary/aromatic N) is 2. The number of amides is 2. The standard InChI is InChI=1S/C20H18N4O3/c21-19(25)13-4-6-15(7-5-13)23-17-8-9-24(20(17)26)16-3-1-2-14(10-16)18-11-22-12-27-18/h1-7,10-12,17,23H,8-9H2,(H2,21,25). The van der Waals surface area contributed by atoms with Gasteiger partial charge >= 0.3 is 0 Å². The summed E-state index contributed by atoms with van der Waals surface area (Å²) >= 11 is 0. The molecule has 0 radical (unpaired) electrons. The first kappa shape index (κ1) is 16.8. The largest absolute Gasteiger partial charge is 0.444 e. The Kier molecular flexibility index (Phi) is 4.33. The summed E-state index contributed by atoms with van der Waals surface area (Å²) in [5.74, 6) is 0.188. The molecule has 4 rings (SSSR count). The maximum atomic E-state index is 12.8. The van der Waals surface area contributed by atoms with Gasteiger partial charge in [0, 0.05) is 29.0 Å². The average molecular weight is 362 g/mol. The van der Waals surface area contributed by atoms with Crippen molar-refractivity contribution in [2.75, 3.05) is 16.8 Å². The van der Waals surface area contributed by atoms with Crippen molar-refractivity contribution >= 4 is 23.2 Å². The maximum Gasteiger partial charge on any atom is 0.249 e. The minimum Gasteiger partial charge on any atom is -0.444 e. The number of hydrogen-bond acceptors (Lipinski definition) is 5. The van der Waals surface area contributed by atoms with Gasteiger partial charge in [0.05, 0.1) is 6.20 Å². The van der Waals surface area contributed by atoms with Crippen molar-refractivity contribution in [3.63, 3.8) is 0 Å². The van der Waals surface area contributed by atoms with Gasteiger partial charge in [-0.15, -0.1) is 0 Å². The Labute approximate surface area is 155 Å². The topological polar surface area (TPSA) is 101 Å². The molecular weight excluding hydrogens is 344 g/mol. The molecule has 1 aromatic heterocycles. The minimum atomic E-state index is -0.476. The van der Waals surface area contributed by atoms with E-state index < -0.39 is 5.91 Å². The molecule has 27 heavy (non-hydrogen) atoms. The van der Waals surface area contributed by atoms with Gasteiger partial charge in [0.25, 0.3) is 0 Å². The highest BCUT2D eigenvalue weighted by Crippen LogP contribution is 2.28. The molecular formula is C20H18N4O3. The van der Waals surface area contributed by atoms with Gasteiger partial charge in [-0.05, 0) is 42.8 Å². The average Bonchev–Trinajstić information content (AvgIpc) is 3.33. The van der Waals surface area contributed by atoms with Gasteiger partial charge in [0.1, 0.15) is 6.04 Å². The van der Waals surface area contributed by atoms with Crippen LogP contribution in [0.1, 0.15) is 16.8 Å². The fourth-order valence-corrected chi connectivity index (χ4v) is 3.19. The number of carbonyl (C=O) groups is 2. The summed E-state index contributed by atoms with van der Waals surface area (Å²) in [7, 11) is 0.